The van der Waals surface area contributed by atoms with Crippen molar-refractivity contribution in [1.29, 1.82) is 0 Å². The van der Waals surface area contributed by atoms with Crippen molar-refractivity contribution in [2.75, 3.05) is 0 Å². The molecule has 3 rings (SSSR count). The van der Waals surface area contributed by atoms with Crippen LogP contribution < -0.4 is 10.5 Å². The molecule has 1 aromatic carbocycles. The van der Waals surface area contributed by atoms with Gasteiger partial charge in [0, 0.05) is 11.6 Å². The Bertz CT molecular complexity index is 666. The molecule has 2 fully saturated rings. The molecule has 0 saturated carbocycles. The number of sulfonamides is 1. The van der Waals surface area contributed by atoms with Crippen molar-refractivity contribution in [3.05, 3.63) is 27.7 Å². The number of benzene rings is 1. The lowest BCUT2D eigenvalue weighted by Gasteiger charge is -2.20. The van der Waals surface area contributed by atoms with Crippen LogP contribution in [-0.2, 0) is 21.3 Å². The lowest BCUT2D eigenvalue weighted by Crippen LogP contribution is -2.41. The Morgan fingerprint density at radius 2 is 2.10 bits per heavy atom. The van der Waals surface area contributed by atoms with E-state index in [1.165, 1.54) is 6.07 Å². The molecule has 0 spiro atoms. The van der Waals surface area contributed by atoms with Crippen LogP contribution in [0.4, 0.5) is 0 Å². The molecule has 8 heteroatoms. The molecule has 2 heterocycles. The fourth-order valence-electron chi connectivity index (χ4n) is 2.99. The van der Waals surface area contributed by atoms with Crippen molar-refractivity contribution < 1.29 is 13.2 Å². The molecule has 3 unspecified atom stereocenters. The minimum atomic E-state index is -3.75. The lowest BCUT2D eigenvalue weighted by molar-refractivity contribution is 0.0996. The van der Waals surface area contributed by atoms with Gasteiger partial charge in [-0.05, 0) is 37.0 Å². The largest absolute Gasteiger partial charge is 0.373 e. The van der Waals surface area contributed by atoms with Crippen LogP contribution in [0.25, 0.3) is 0 Å². The van der Waals surface area contributed by atoms with Gasteiger partial charge in [-0.3, -0.25) is 0 Å². The van der Waals surface area contributed by atoms with E-state index in [0.717, 1.165) is 12.8 Å². The number of hydrogen-bond donors (Lipinski definition) is 2. The summed E-state index contributed by atoms with van der Waals surface area (Å²) in [5.74, 6) is 0. The highest BCUT2D eigenvalue weighted by molar-refractivity contribution is 7.89. The van der Waals surface area contributed by atoms with Crippen molar-refractivity contribution in [2.45, 2.75) is 49.0 Å². The Morgan fingerprint density at radius 1 is 1.33 bits per heavy atom. The van der Waals surface area contributed by atoms with Gasteiger partial charge in [0.1, 0.15) is 4.90 Å². The zero-order valence-corrected chi connectivity index (χ0v) is 13.5. The highest BCUT2D eigenvalue weighted by Crippen LogP contribution is 2.36. The zero-order valence-electron chi connectivity index (χ0n) is 11.2. The number of halogens is 2. The van der Waals surface area contributed by atoms with Crippen LogP contribution in [0, 0.1) is 0 Å². The van der Waals surface area contributed by atoms with E-state index in [-0.39, 0.29) is 34.7 Å². The second-order valence-electron chi connectivity index (χ2n) is 5.42. The van der Waals surface area contributed by atoms with Gasteiger partial charge >= 0.3 is 0 Å². The summed E-state index contributed by atoms with van der Waals surface area (Å²) in [5.41, 5.74) is 6.07. The molecule has 0 aliphatic carbocycles. The summed E-state index contributed by atoms with van der Waals surface area (Å²) in [7, 11) is -3.75. The third-order valence-corrected chi connectivity index (χ3v) is 6.29. The molecule has 0 radical (unpaired) electrons. The van der Waals surface area contributed by atoms with Crippen LogP contribution >= 0.6 is 23.2 Å². The molecule has 2 saturated heterocycles. The van der Waals surface area contributed by atoms with Crippen molar-refractivity contribution >= 4 is 33.2 Å². The molecule has 3 N–H and O–H groups in total. The maximum absolute atomic E-state index is 12.6. The average molecular weight is 351 g/mol. The first-order valence-corrected chi connectivity index (χ1v) is 9.00. The molecule has 2 aliphatic rings. The summed E-state index contributed by atoms with van der Waals surface area (Å²) in [4.78, 5) is -0.0279. The van der Waals surface area contributed by atoms with Crippen LogP contribution in [0.1, 0.15) is 24.8 Å². The van der Waals surface area contributed by atoms with E-state index < -0.39 is 10.0 Å². The first kappa shape index (κ1) is 15.5. The minimum Gasteiger partial charge on any atom is -0.373 e. The Hall–Kier alpha value is -0.370. The summed E-state index contributed by atoms with van der Waals surface area (Å²) in [5, 5.41) is 0.419. The first-order chi connectivity index (χ1) is 9.90. The number of fused-ring (bicyclic) bond motifs is 2. The van der Waals surface area contributed by atoms with E-state index in [1.54, 1.807) is 6.07 Å². The summed E-state index contributed by atoms with van der Waals surface area (Å²) in [6, 6.07) is 2.72. The van der Waals surface area contributed by atoms with Crippen molar-refractivity contribution in [3.63, 3.8) is 0 Å². The van der Waals surface area contributed by atoms with E-state index in [1.807, 2.05) is 0 Å². The quantitative estimate of drug-likeness (QED) is 0.870. The number of nitrogens with one attached hydrogen (secondary N) is 1. The highest BCUT2D eigenvalue weighted by Gasteiger charge is 2.42. The topological polar surface area (TPSA) is 81.4 Å². The molecule has 0 aromatic heterocycles. The monoisotopic (exact) mass is 350 g/mol. The van der Waals surface area contributed by atoms with Crippen LogP contribution in [0.3, 0.4) is 0 Å². The third-order valence-electron chi connectivity index (χ3n) is 4.00. The van der Waals surface area contributed by atoms with Gasteiger partial charge in [0.15, 0.2) is 0 Å². The predicted molar refractivity (Wildman–Crippen MR) is 81.0 cm³/mol. The van der Waals surface area contributed by atoms with E-state index in [9.17, 15) is 8.42 Å². The van der Waals surface area contributed by atoms with Gasteiger partial charge in [-0.25, -0.2) is 13.1 Å². The molecule has 0 amide bonds. The lowest BCUT2D eigenvalue weighted by atomic mass is 9.96. The Kier molecular flexibility index (Phi) is 4.20. The molecular weight excluding hydrogens is 335 g/mol. The van der Waals surface area contributed by atoms with Crippen molar-refractivity contribution in [3.8, 4) is 0 Å². The number of ether oxygens (including phenoxy) is 1. The van der Waals surface area contributed by atoms with E-state index in [0.29, 0.717) is 17.0 Å². The summed E-state index contributed by atoms with van der Waals surface area (Å²) in [6.07, 6.45) is 2.70. The van der Waals surface area contributed by atoms with E-state index in [4.69, 9.17) is 33.7 Å². The fourth-order valence-corrected chi connectivity index (χ4v) is 5.21. The van der Waals surface area contributed by atoms with Crippen molar-refractivity contribution in [2.24, 2.45) is 5.73 Å². The maximum atomic E-state index is 12.6. The maximum Gasteiger partial charge on any atom is 0.242 e. The second kappa shape index (κ2) is 5.68. The number of rotatable bonds is 4. The normalized spacial score (nSPS) is 28.2. The predicted octanol–water partition coefficient (Wildman–Crippen LogP) is 2.05. The van der Waals surface area contributed by atoms with E-state index in [2.05, 4.69) is 4.72 Å². The standard InChI is InChI=1S/C13H16Cl2N2O3S/c14-8-3-7(6-16)13(15)12(4-8)21(18,19)17-10-5-9-1-2-11(10)20-9/h3-4,9-11,17H,1-2,5-6,16H2. The summed E-state index contributed by atoms with van der Waals surface area (Å²) >= 11 is 12.1. The molecule has 1 aromatic rings. The third kappa shape index (κ3) is 2.93. The van der Waals surface area contributed by atoms with Gasteiger partial charge in [-0.15, -0.1) is 0 Å². The van der Waals surface area contributed by atoms with Gasteiger partial charge in [0.2, 0.25) is 10.0 Å². The molecule has 5 nitrogen and oxygen atoms in total. The first-order valence-electron chi connectivity index (χ1n) is 6.76. The summed E-state index contributed by atoms with van der Waals surface area (Å²) in [6.45, 7) is 0.124. The number of hydrogen-bond acceptors (Lipinski definition) is 4. The van der Waals surface area contributed by atoms with Gasteiger partial charge in [-0.2, -0.15) is 0 Å². The van der Waals surface area contributed by atoms with Crippen LogP contribution in [0.2, 0.25) is 10.0 Å². The van der Waals surface area contributed by atoms with Crippen LogP contribution in [0.15, 0.2) is 17.0 Å². The molecule has 21 heavy (non-hydrogen) atoms. The summed E-state index contributed by atoms with van der Waals surface area (Å²) < 4.78 is 33.5. The SMILES string of the molecule is NCc1cc(Cl)cc(S(=O)(=O)NC2CC3CCC2O3)c1Cl. The van der Waals surface area contributed by atoms with Gasteiger partial charge < -0.3 is 10.5 Å². The van der Waals surface area contributed by atoms with Crippen molar-refractivity contribution in [1.82, 2.24) is 4.72 Å². The Balaban J connectivity index is 1.90. The number of nitrogens with two attached hydrogens (primary N) is 1. The molecule has 3 atom stereocenters. The fraction of sp³-hybridized carbons (Fsp3) is 0.538. The Morgan fingerprint density at radius 3 is 2.67 bits per heavy atom. The van der Waals surface area contributed by atoms with Gasteiger partial charge in [0.25, 0.3) is 0 Å². The van der Waals surface area contributed by atoms with Crippen LogP contribution in [0.5, 0.6) is 0 Å². The van der Waals surface area contributed by atoms with Crippen LogP contribution in [-0.4, -0.2) is 26.7 Å². The van der Waals surface area contributed by atoms with Gasteiger partial charge in [0.05, 0.1) is 23.3 Å². The molecule has 2 aliphatic heterocycles. The Labute approximate surface area is 133 Å². The molecule has 2 bridgehead atoms. The smallest absolute Gasteiger partial charge is 0.242 e. The van der Waals surface area contributed by atoms with E-state index >= 15 is 0 Å². The molecular formula is C13H16Cl2N2O3S. The van der Waals surface area contributed by atoms with Gasteiger partial charge in [-0.1, -0.05) is 23.2 Å². The zero-order chi connectivity index (χ0) is 15.2. The average Bonchev–Trinajstić information content (AvgIpc) is 3.02. The molecule has 116 valence electrons. The minimum absolute atomic E-state index is 0.0279. The highest BCUT2D eigenvalue weighted by atomic mass is 35.5. The second-order valence-corrected chi connectivity index (χ2v) is 7.92.